The molecule has 8 nitrogen and oxygen atoms in total. The van der Waals surface area contributed by atoms with E-state index in [1.807, 2.05) is 0 Å². The van der Waals surface area contributed by atoms with Gasteiger partial charge in [-0.15, -0.1) is 0 Å². The van der Waals surface area contributed by atoms with E-state index in [0.29, 0.717) is 25.2 Å². The predicted octanol–water partition coefficient (Wildman–Crippen LogP) is 0.403. The van der Waals surface area contributed by atoms with Crippen molar-refractivity contribution in [3.05, 3.63) is 41.2 Å². The zero-order chi connectivity index (χ0) is 18.1. The molecule has 2 atom stereocenters. The topological polar surface area (TPSA) is 118 Å². The minimum atomic E-state index is -0.587. The molecule has 1 aliphatic carbocycles. The number of rotatable bonds is 3. The Bertz CT molecular complexity index is 813. The lowest BCUT2D eigenvalue weighted by Crippen LogP contribution is -2.32. The quantitative estimate of drug-likeness (QED) is 0.819. The first-order valence-electron chi connectivity index (χ1n) is 8.99. The van der Waals surface area contributed by atoms with Crippen LogP contribution >= 0.6 is 0 Å². The highest BCUT2D eigenvalue weighted by atomic mass is 16.3. The summed E-state index contributed by atoms with van der Waals surface area (Å²) in [7, 11) is 0. The van der Waals surface area contributed by atoms with Gasteiger partial charge >= 0.3 is 0 Å². The molecule has 1 fully saturated rings. The number of fused-ring (bicyclic) bond motifs is 1. The molecule has 136 valence electrons. The predicted molar refractivity (Wildman–Crippen MR) is 94.2 cm³/mol. The Kier molecular flexibility index (Phi) is 4.50. The van der Waals surface area contributed by atoms with E-state index in [2.05, 4.69) is 19.9 Å². The lowest BCUT2D eigenvalue weighted by Gasteiger charge is -2.21. The van der Waals surface area contributed by atoms with Gasteiger partial charge in [-0.05, 0) is 32.1 Å². The number of carbonyl (C=O) groups excluding carboxylic acids is 1. The zero-order valence-electron chi connectivity index (χ0n) is 14.5. The van der Waals surface area contributed by atoms with E-state index in [1.54, 1.807) is 23.5 Å². The van der Waals surface area contributed by atoms with Crippen molar-refractivity contribution in [3.8, 4) is 0 Å². The number of carbonyl (C=O) groups is 1. The molecule has 0 radical (unpaired) electrons. The highest BCUT2D eigenvalue weighted by Crippen LogP contribution is 2.27. The van der Waals surface area contributed by atoms with Crippen molar-refractivity contribution >= 4 is 11.9 Å². The van der Waals surface area contributed by atoms with Gasteiger partial charge in [0.05, 0.1) is 11.8 Å². The van der Waals surface area contributed by atoms with Crippen molar-refractivity contribution in [1.82, 2.24) is 24.8 Å². The van der Waals surface area contributed by atoms with E-state index in [0.717, 1.165) is 42.6 Å². The highest BCUT2D eigenvalue weighted by Gasteiger charge is 2.36. The first kappa shape index (κ1) is 16.8. The number of anilines is 1. The maximum absolute atomic E-state index is 13.1. The van der Waals surface area contributed by atoms with Gasteiger partial charge in [-0.1, -0.05) is 0 Å². The van der Waals surface area contributed by atoms with Gasteiger partial charge in [-0.3, -0.25) is 14.8 Å². The first-order chi connectivity index (χ1) is 12.6. The molecule has 1 amide bonds. The van der Waals surface area contributed by atoms with Gasteiger partial charge in [0.25, 0.3) is 5.91 Å². The van der Waals surface area contributed by atoms with Gasteiger partial charge in [0.15, 0.2) is 0 Å². The number of aryl methyl sites for hydroxylation is 1. The Hall–Kier alpha value is -2.61. The lowest BCUT2D eigenvalue weighted by atomic mass is 9.94. The van der Waals surface area contributed by atoms with Gasteiger partial charge < -0.3 is 15.7 Å². The monoisotopic (exact) mass is 354 g/mol. The van der Waals surface area contributed by atoms with E-state index in [9.17, 15) is 9.90 Å². The van der Waals surface area contributed by atoms with E-state index in [1.165, 1.54) is 0 Å². The number of likely N-dealkylation sites (tertiary alicyclic amines) is 1. The Morgan fingerprint density at radius 3 is 2.88 bits per heavy atom. The van der Waals surface area contributed by atoms with Crippen LogP contribution in [0.1, 0.15) is 40.3 Å². The smallest absolute Gasteiger partial charge is 0.273 e. The molecule has 26 heavy (non-hydrogen) atoms. The Morgan fingerprint density at radius 2 is 2.08 bits per heavy atom. The van der Waals surface area contributed by atoms with Crippen LogP contribution < -0.4 is 5.73 Å². The number of β-amino-alcohol motifs (C(OH)–C–C–N with tert-alkyl or cyclic N) is 1. The Balaban J connectivity index is 1.53. The third-order valence-corrected chi connectivity index (χ3v) is 5.18. The molecule has 3 heterocycles. The Labute approximate surface area is 151 Å². The summed E-state index contributed by atoms with van der Waals surface area (Å²) in [5.74, 6) is -0.0894. The molecule has 1 saturated heterocycles. The number of aliphatic hydroxyl groups excluding tert-OH is 1. The van der Waals surface area contributed by atoms with E-state index < -0.39 is 6.10 Å². The molecule has 2 aromatic heterocycles. The average Bonchev–Trinajstić information content (AvgIpc) is 3.02. The van der Waals surface area contributed by atoms with Crippen LogP contribution in [0.2, 0.25) is 0 Å². The molecule has 0 bridgehead atoms. The third kappa shape index (κ3) is 3.24. The lowest BCUT2D eigenvalue weighted by molar-refractivity contribution is 0.0757. The van der Waals surface area contributed by atoms with Crippen molar-refractivity contribution in [1.29, 1.82) is 0 Å². The van der Waals surface area contributed by atoms with E-state index >= 15 is 0 Å². The van der Waals surface area contributed by atoms with Gasteiger partial charge in [-0.2, -0.15) is 0 Å². The SMILES string of the molecule is Nc1nc2c(c(C(=O)N3C[C@@H](Cc4cnccn4)[C@H](O)C3)n1)CCCC2. The first-order valence-corrected chi connectivity index (χ1v) is 8.99. The summed E-state index contributed by atoms with van der Waals surface area (Å²) in [5.41, 5.74) is 8.85. The number of hydrogen-bond acceptors (Lipinski definition) is 7. The second-order valence-corrected chi connectivity index (χ2v) is 7.00. The highest BCUT2D eigenvalue weighted by molar-refractivity contribution is 5.94. The van der Waals surface area contributed by atoms with Crippen LogP contribution in [0.15, 0.2) is 18.6 Å². The summed E-state index contributed by atoms with van der Waals surface area (Å²) in [6, 6.07) is 0. The number of nitrogens with zero attached hydrogens (tertiary/aromatic N) is 5. The number of amides is 1. The second-order valence-electron chi connectivity index (χ2n) is 7.00. The zero-order valence-corrected chi connectivity index (χ0v) is 14.5. The average molecular weight is 354 g/mol. The van der Waals surface area contributed by atoms with E-state index in [-0.39, 0.29) is 17.8 Å². The van der Waals surface area contributed by atoms with Crippen molar-refractivity contribution in [2.24, 2.45) is 5.92 Å². The number of nitrogen functional groups attached to an aromatic ring is 1. The molecule has 2 aromatic rings. The van der Waals surface area contributed by atoms with Crippen LogP contribution in [0.5, 0.6) is 0 Å². The molecule has 0 unspecified atom stereocenters. The molecule has 1 aliphatic heterocycles. The summed E-state index contributed by atoms with van der Waals surface area (Å²) < 4.78 is 0. The number of nitrogens with two attached hydrogens (primary N) is 1. The number of aromatic nitrogens is 4. The maximum Gasteiger partial charge on any atom is 0.273 e. The minimum absolute atomic E-state index is 0.0642. The fraction of sp³-hybridized carbons (Fsp3) is 0.500. The molecular formula is C18H22N6O2. The van der Waals surface area contributed by atoms with Gasteiger partial charge in [0.2, 0.25) is 5.95 Å². The number of hydrogen-bond donors (Lipinski definition) is 2. The fourth-order valence-corrected chi connectivity index (χ4v) is 3.86. The van der Waals surface area contributed by atoms with Gasteiger partial charge in [0, 0.05) is 48.9 Å². The van der Waals surface area contributed by atoms with Crippen LogP contribution in [0.4, 0.5) is 5.95 Å². The molecular weight excluding hydrogens is 332 g/mol. The molecule has 2 aliphatic rings. The molecule has 0 spiro atoms. The second kappa shape index (κ2) is 6.95. The largest absolute Gasteiger partial charge is 0.391 e. The summed E-state index contributed by atoms with van der Waals surface area (Å²) >= 11 is 0. The summed E-state index contributed by atoms with van der Waals surface area (Å²) in [6.07, 6.45) is 8.66. The van der Waals surface area contributed by atoms with Crippen LogP contribution in [0, 0.1) is 5.92 Å². The fourth-order valence-electron chi connectivity index (χ4n) is 3.86. The van der Waals surface area contributed by atoms with Crippen molar-refractivity contribution in [2.45, 2.75) is 38.2 Å². The van der Waals surface area contributed by atoms with Crippen LogP contribution in [0.3, 0.4) is 0 Å². The standard InChI is InChI=1S/C18H22N6O2/c19-18-22-14-4-2-1-3-13(14)16(23-18)17(26)24-9-11(15(25)10-24)7-12-8-20-5-6-21-12/h5-6,8,11,15,25H,1-4,7,9-10H2,(H2,19,22,23)/t11-,15-/m1/s1. The van der Waals surface area contributed by atoms with Crippen molar-refractivity contribution in [2.75, 3.05) is 18.8 Å². The van der Waals surface area contributed by atoms with Gasteiger partial charge in [0.1, 0.15) is 5.69 Å². The third-order valence-electron chi connectivity index (χ3n) is 5.18. The molecule has 3 N–H and O–H groups in total. The molecule has 0 aromatic carbocycles. The van der Waals surface area contributed by atoms with E-state index in [4.69, 9.17) is 5.73 Å². The summed E-state index contributed by atoms with van der Waals surface area (Å²) in [5, 5.41) is 10.4. The molecule has 0 saturated carbocycles. The summed E-state index contributed by atoms with van der Waals surface area (Å²) in [6.45, 7) is 0.762. The van der Waals surface area contributed by atoms with Crippen molar-refractivity contribution < 1.29 is 9.90 Å². The minimum Gasteiger partial charge on any atom is -0.391 e. The summed E-state index contributed by atoms with van der Waals surface area (Å²) in [4.78, 5) is 31.6. The maximum atomic E-state index is 13.1. The van der Waals surface area contributed by atoms with Crippen LogP contribution in [-0.2, 0) is 19.3 Å². The normalized spacial score (nSPS) is 22.3. The number of aliphatic hydroxyl groups is 1. The van der Waals surface area contributed by atoms with Crippen LogP contribution in [-0.4, -0.2) is 55.0 Å². The molecule has 8 heteroatoms. The van der Waals surface area contributed by atoms with Crippen LogP contribution in [0.25, 0.3) is 0 Å². The Morgan fingerprint density at radius 1 is 1.23 bits per heavy atom. The van der Waals surface area contributed by atoms with Crippen molar-refractivity contribution in [3.63, 3.8) is 0 Å². The van der Waals surface area contributed by atoms with Gasteiger partial charge in [-0.25, -0.2) is 9.97 Å². The molecule has 4 rings (SSSR count).